The minimum Gasteiger partial charge on any atom is -0.329 e. The Hall–Kier alpha value is -0.0800. The van der Waals surface area contributed by atoms with Crippen LogP contribution in [0.2, 0.25) is 0 Å². The lowest BCUT2D eigenvalue weighted by atomic mass is 9.83. The second-order valence-corrected chi connectivity index (χ2v) is 6.82. The first-order valence-corrected chi connectivity index (χ1v) is 7.34. The van der Waals surface area contributed by atoms with Gasteiger partial charge in [-0.25, -0.2) is 0 Å². The van der Waals surface area contributed by atoms with Crippen molar-refractivity contribution in [3.8, 4) is 0 Å². The fourth-order valence-corrected chi connectivity index (χ4v) is 2.74. The van der Waals surface area contributed by atoms with Crippen molar-refractivity contribution in [3.05, 3.63) is 0 Å². The van der Waals surface area contributed by atoms with E-state index in [9.17, 15) is 0 Å². The second-order valence-electron chi connectivity index (χ2n) is 6.82. The Balaban J connectivity index is 2.59. The highest BCUT2D eigenvalue weighted by Gasteiger charge is 2.34. The van der Waals surface area contributed by atoms with Gasteiger partial charge in [-0.1, -0.05) is 27.7 Å². The van der Waals surface area contributed by atoms with Crippen molar-refractivity contribution in [1.82, 2.24) is 4.90 Å². The normalized spacial score (nSPS) is 30.5. The summed E-state index contributed by atoms with van der Waals surface area (Å²) in [6.45, 7) is 15.0. The Bertz CT molecular complexity index is 227. The van der Waals surface area contributed by atoms with Crippen LogP contribution in [0.15, 0.2) is 0 Å². The van der Waals surface area contributed by atoms with Gasteiger partial charge in [-0.3, -0.25) is 4.90 Å². The zero-order valence-electron chi connectivity index (χ0n) is 12.5. The van der Waals surface area contributed by atoms with Crippen LogP contribution in [0, 0.1) is 17.8 Å². The third kappa shape index (κ3) is 3.96. The van der Waals surface area contributed by atoms with Crippen LogP contribution in [0.3, 0.4) is 0 Å². The van der Waals surface area contributed by atoms with E-state index in [0.717, 1.165) is 24.3 Å². The lowest BCUT2D eigenvalue weighted by molar-refractivity contribution is 0.0332. The van der Waals surface area contributed by atoms with Gasteiger partial charge in [0, 0.05) is 18.6 Å². The van der Waals surface area contributed by atoms with Crippen LogP contribution in [0.1, 0.15) is 53.9 Å². The van der Waals surface area contributed by atoms with E-state index in [1.165, 1.54) is 32.4 Å². The maximum absolute atomic E-state index is 6.06. The van der Waals surface area contributed by atoms with E-state index in [2.05, 4.69) is 39.5 Å². The third-order valence-electron chi connectivity index (χ3n) is 4.80. The van der Waals surface area contributed by atoms with E-state index in [4.69, 9.17) is 5.73 Å². The number of rotatable bonds is 5. The monoisotopic (exact) mass is 240 g/mol. The first-order chi connectivity index (χ1) is 7.89. The molecule has 0 spiro atoms. The molecule has 1 fully saturated rings. The van der Waals surface area contributed by atoms with Gasteiger partial charge < -0.3 is 5.73 Å². The Kier molecular flexibility index (Phi) is 5.46. The van der Waals surface area contributed by atoms with Crippen molar-refractivity contribution < 1.29 is 0 Å². The van der Waals surface area contributed by atoms with Crippen LogP contribution in [0.25, 0.3) is 0 Å². The zero-order chi connectivity index (χ0) is 13.1. The van der Waals surface area contributed by atoms with E-state index in [1.54, 1.807) is 0 Å². The summed E-state index contributed by atoms with van der Waals surface area (Å²) in [7, 11) is 0. The quantitative estimate of drug-likeness (QED) is 0.800. The summed E-state index contributed by atoms with van der Waals surface area (Å²) in [6.07, 6.45) is 3.86. The van der Waals surface area contributed by atoms with Crippen molar-refractivity contribution in [2.24, 2.45) is 23.5 Å². The van der Waals surface area contributed by atoms with Gasteiger partial charge in [0.25, 0.3) is 0 Å². The zero-order valence-corrected chi connectivity index (χ0v) is 12.5. The molecule has 0 aromatic heterocycles. The van der Waals surface area contributed by atoms with Crippen LogP contribution >= 0.6 is 0 Å². The molecule has 2 N–H and O–H groups in total. The molecule has 102 valence electrons. The molecular formula is C15H32N2. The van der Waals surface area contributed by atoms with Crippen LogP contribution < -0.4 is 5.73 Å². The number of nitrogens with zero attached hydrogens (tertiary/aromatic N) is 1. The molecule has 0 radical (unpaired) electrons. The highest BCUT2D eigenvalue weighted by atomic mass is 15.2. The van der Waals surface area contributed by atoms with E-state index < -0.39 is 0 Å². The molecule has 1 aliphatic heterocycles. The van der Waals surface area contributed by atoms with Crippen molar-refractivity contribution in [3.63, 3.8) is 0 Å². The van der Waals surface area contributed by atoms with E-state index in [-0.39, 0.29) is 5.54 Å². The Labute approximate surface area is 108 Å². The van der Waals surface area contributed by atoms with Crippen LogP contribution in [-0.4, -0.2) is 30.1 Å². The molecule has 1 aliphatic rings. The smallest absolute Gasteiger partial charge is 0.0303 e. The lowest BCUT2D eigenvalue weighted by Crippen LogP contribution is -2.56. The van der Waals surface area contributed by atoms with Crippen LogP contribution in [0.4, 0.5) is 0 Å². The topological polar surface area (TPSA) is 29.3 Å². The van der Waals surface area contributed by atoms with E-state index >= 15 is 0 Å². The summed E-state index contributed by atoms with van der Waals surface area (Å²) < 4.78 is 0. The molecule has 0 saturated carbocycles. The molecule has 0 aromatic carbocycles. The van der Waals surface area contributed by atoms with Crippen molar-refractivity contribution >= 4 is 0 Å². The third-order valence-corrected chi connectivity index (χ3v) is 4.80. The van der Waals surface area contributed by atoms with Crippen molar-refractivity contribution in [2.75, 3.05) is 19.6 Å². The van der Waals surface area contributed by atoms with Crippen molar-refractivity contribution in [1.29, 1.82) is 0 Å². The van der Waals surface area contributed by atoms with Crippen LogP contribution in [0.5, 0.6) is 0 Å². The predicted octanol–water partition coefficient (Wildman–Crippen LogP) is 3.12. The van der Waals surface area contributed by atoms with Gasteiger partial charge in [0.2, 0.25) is 0 Å². The summed E-state index contributed by atoms with van der Waals surface area (Å²) in [4.78, 5) is 2.65. The summed E-state index contributed by atoms with van der Waals surface area (Å²) in [5, 5.41) is 0. The molecule has 1 saturated heterocycles. The maximum Gasteiger partial charge on any atom is 0.0303 e. The van der Waals surface area contributed by atoms with Gasteiger partial charge in [-0.05, 0) is 50.5 Å². The van der Waals surface area contributed by atoms with Gasteiger partial charge in [-0.2, -0.15) is 0 Å². The average molecular weight is 240 g/mol. The molecule has 2 nitrogen and oxygen atoms in total. The molecule has 0 aliphatic carbocycles. The molecule has 0 aromatic rings. The summed E-state index contributed by atoms with van der Waals surface area (Å²) in [5.74, 6) is 2.47. The number of hydrogen-bond donors (Lipinski definition) is 1. The molecule has 1 rings (SSSR count). The fraction of sp³-hybridized carbons (Fsp3) is 1.00. The molecule has 3 unspecified atom stereocenters. The van der Waals surface area contributed by atoms with E-state index in [0.29, 0.717) is 0 Å². The Morgan fingerprint density at radius 3 is 2.41 bits per heavy atom. The molecule has 0 amide bonds. The van der Waals surface area contributed by atoms with Gasteiger partial charge in [0.15, 0.2) is 0 Å². The minimum atomic E-state index is 0.221. The summed E-state index contributed by atoms with van der Waals surface area (Å²) in [5.41, 5.74) is 6.28. The summed E-state index contributed by atoms with van der Waals surface area (Å²) in [6, 6.07) is 0. The first-order valence-electron chi connectivity index (χ1n) is 7.34. The molecular weight excluding hydrogens is 208 g/mol. The molecule has 1 heterocycles. The highest BCUT2D eigenvalue weighted by molar-refractivity contribution is 4.91. The van der Waals surface area contributed by atoms with Gasteiger partial charge in [0.1, 0.15) is 0 Å². The first kappa shape index (κ1) is 15.0. The van der Waals surface area contributed by atoms with E-state index in [1.807, 2.05) is 0 Å². The van der Waals surface area contributed by atoms with Gasteiger partial charge in [-0.15, -0.1) is 0 Å². The lowest BCUT2D eigenvalue weighted by Gasteiger charge is -2.47. The van der Waals surface area contributed by atoms with Gasteiger partial charge in [0.05, 0.1) is 0 Å². The minimum absolute atomic E-state index is 0.221. The Morgan fingerprint density at radius 2 is 1.94 bits per heavy atom. The molecule has 3 atom stereocenters. The average Bonchev–Trinajstić information content (AvgIpc) is 2.29. The number of nitrogens with two attached hydrogens (primary N) is 1. The SMILES string of the molecule is CC(C)CCC(C)(CN)N1CCC(C)C(C)C1. The molecule has 0 bridgehead atoms. The second kappa shape index (κ2) is 6.19. The fourth-order valence-electron chi connectivity index (χ4n) is 2.74. The van der Waals surface area contributed by atoms with Gasteiger partial charge >= 0.3 is 0 Å². The highest BCUT2D eigenvalue weighted by Crippen LogP contribution is 2.30. The number of hydrogen-bond acceptors (Lipinski definition) is 2. The summed E-state index contributed by atoms with van der Waals surface area (Å²) >= 11 is 0. The Morgan fingerprint density at radius 1 is 1.29 bits per heavy atom. The molecule has 17 heavy (non-hydrogen) atoms. The van der Waals surface area contributed by atoms with Crippen LogP contribution in [-0.2, 0) is 0 Å². The maximum atomic E-state index is 6.06. The van der Waals surface area contributed by atoms with Crippen molar-refractivity contribution in [2.45, 2.75) is 59.4 Å². The predicted molar refractivity (Wildman–Crippen MR) is 76.0 cm³/mol. The number of piperidine rings is 1. The number of likely N-dealkylation sites (tertiary alicyclic amines) is 1. The standard InChI is InChI=1S/C15H32N2/c1-12(2)6-8-15(5,11-16)17-9-7-13(3)14(4)10-17/h12-14H,6-11,16H2,1-5H3. The largest absolute Gasteiger partial charge is 0.329 e. The molecule has 2 heteroatoms.